The Morgan fingerprint density at radius 2 is 1.77 bits per heavy atom. The number of nitrogens with zero attached hydrogens (tertiary/aromatic N) is 3. The summed E-state index contributed by atoms with van der Waals surface area (Å²) in [7, 11) is 0. The van der Waals surface area contributed by atoms with Gasteiger partial charge in [-0.15, -0.1) is 0 Å². The van der Waals surface area contributed by atoms with E-state index < -0.39 is 5.97 Å². The molecule has 4 rings (SSSR count). The van der Waals surface area contributed by atoms with Gasteiger partial charge in [0.1, 0.15) is 0 Å². The fourth-order valence-corrected chi connectivity index (χ4v) is 3.50. The zero-order chi connectivity index (χ0) is 18.1. The van der Waals surface area contributed by atoms with Crippen LogP contribution in [0.25, 0.3) is 16.7 Å². The summed E-state index contributed by atoms with van der Waals surface area (Å²) in [5.41, 5.74) is 3.80. The molecule has 0 saturated carbocycles. The Hall–Kier alpha value is -2.82. The molecule has 0 bridgehead atoms. The van der Waals surface area contributed by atoms with Crippen LogP contribution in [0.2, 0.25) is 0 Å². The van der Waals surface area contributed by atoms with Gasteiger partial charge in [-0.25, -0.2) is 9.78 Å². The maximum absolute atomic E-state index is 12.6. The lowest BCUT2D eigenvalue weighted by molar-refractivity contribution is 0.0361. The lowest BCUT2D eigenvalue weighted by Crippen LogP contribution is -2.19. The molecule has 3 aromatic rings. The third kappa shape index (κ3) is 3.05. The van der Waals surface area contributed by atoms with Gasteiger partial charge in [-0.05, 0) is 57.0 Å². The Bertz CT molecular complexity index is 939. The van der Waals surface area contributed by atoms with Crippen LogP contribution in [0.4, 0.5) is 5.69 Å². The van der Waals surface area contributed by atoms with Gasteiger partial charge in [0.25, 0.3) is 0 Å². The van der Waals surface area contributed by atoms with Crippen LogP contribution in [0.3, 0.4) is 0 Å². The Morgan fingerprint density at radius 3 is 2.54 bits per heavy atom. The molecule has 1 fully saturated rings. The summed E-state index contributed by atoms with van der Waals surface area (Å²) in [5, 5.41) is 0. The zero-order valence-corrected chi connectivity index (χ0v) is 15.2. The van der Waals surface area contributed by atoms with Crippen molar-refractivity contribution in [2.45, 2.75) is 32.8 Å². The molecule has 134 valence electrons. The van der Waals surface area contributed by atoms with E-state index in [0.717, 1.165) is 29.8 Å². The van der Waals surface area contributed by atoms with Crippen molar-refractivity contribution in [3.8, 4) is 5.69 Å². The summed E-state index contributed by atoms with van der Waals surface area (Å²) in [6.45, 7) is 5.85. The number of esters is 1. The predicted octanol–water partition coefficient (Wildman–Crippen LogP) is 4.19. The van der Waals surface area contributed by atoms with Crippen LogP contribution >= 0.6 is 0 Å². The van der Waals surface area contributed by atoms with E-state index in [4.69, 9.17) is 4.74 Å². The van der Waals surface area contributed by atoms with E-state index >= 15 is 0 Å². The highest BCUT2D eigenvalue weighted by Crippen LogP contribution is 2.27. The Kier molecular flexibility index (Phi) is 4.37. The van der Waals surface area contributed by atoms with Crippen LogP contribution in [0.1, 0.15) is 37.3 Å². The van der Waals surface area contributed by atoms with Crippen molar-refractivity contribution in [1.29, 1.82) is 0 Å². The van der Waals surface area contributed by atoms with Gasteiger partial charge in [0.05, 0.1) is 17.1 Å². The third-order valence-corrected chi connectivity index (χ3v) is 4.65. The van der Waals surface area contributed by atoms with Crippen molar-refractivity contribution in [2.75, 3.05) is 18.0 Å². The average Bonchev–Trinajstić information content (AvgIpc) is 3.29. The van der Waals surface area contributed by atoms with E-state index in [1.165, 1.54) is 18.5 Å². The average molecular weight is 349 g/mol. The number of carbonyl (C=O) groups excluding carboxylic acids is 1. The Labute approximate surface area is 153 Å². The summed E-state index contributed by atoms with van der Waals surface area (Å²) < 4.78 is 7.33. The van der Waals surface area contributed by atoms with Gasteiger partial charge in [-0.3, -0.25) is 4.57 Å². The number of benzene rings is 2. The first kappa shape index (κ1) is 16.6. The minimum atomic E-state index is -0.400. The van der Waals surface area contributed by atoms with Crippen molar-refractivity contribution < 1.29 is 9.53 Å². The van der Waals surface area contributed by atoms with Gasteiger partial charge in [-0.1, -0.05) is 18.2 Å². The number of aromatic nitrogens is 2. The Balaban J connectivity index is 1.84. The topological polar surface area (TPSA) is 47.4 Å². The molecule has 1 saturated heterocycles. The molecule has 2 aromatic carbocycles. The number of carbonyl (C=O) groups is 1. The van der Waals surface area contributed by atoms with Crippen LogP contribution < -0.4 is 4.90 Å². The molecule has 1 aromatic heterocycles. The van der Waals surface area contributed by atoms with E-state index in [1.54, 1.807) is 0 Å². The fourth-order valence-electron chi connectivity index (χ4n) is 3.50. The van der Waals surface area contributed by atoms with Gasteiger partial charge < -0.3 is 9.64 Å². The van der Waals surface area contributed by atoms with E-state index in [2.05, 4.69) is 22.0 Å². The predicted molar refractivity (Wildman–Crippen MR) is 103 cm³/mol. The zero-order valence-electron chi connectivity index (χ0n) is 15.2. The molecule has 0 atom stereocenters. The highest BCUT2D eigenvalue weighted by atomic mass is 16.5. The summed E-state index contributed by atoms with van der Waals surface area (Å²) in [4.78, 5) is 19.6. The minimum absolute atomic E-state index is 0.188. The fraction of sp³-hybridized carbons (Fsp3) is 0.333. The monoisotopic (exact) mass is 349 g/mol. The molecular formula is C21H23N3O2. The third-order valence-electron chi connectivity index (χ3n) is 4.65. The second kappa shape index (κ2) is 6.83. The first-order valence-electron chi connectivity index (χ1n) is 9.17. The molecule has 5 nitrogen and oxygen atoms in total. The van der Waals surface area contributed by atoms with Gasteiger partial charge in [0.2, 0.25) is 5.82 Å². The highest BCUT2D eigenvalue weighted by Gasteiger charge is 2.22. The molecule has 0 amide bonds. The molecule has 0 unspecified atom stereocenters. The van der Waals surface area contributed by atoms with Crippen molar-refractivity contribution >= 4 is 22.7 Å². The van der Waals surface area contributed by atoms with Crippen LogP contribution in [0.5, 0.6) is 0 Å². The number of anilines is 1. The number of fused-ring (bicyclic) bond motifs is 1. The van der Waals surface area contributed by atoms with Crippen molar-refractivity contribution in [3.63, 3.8) is 0 Å². The summed E-state index contributed by atoms with van der Waals surface area (Å²) in [6, 6.07) is 16.1. The number of rotatable bonds is 4. The van der Waals surface area contributed by atoms with Crippen LogP contribution in [0, 0.1) is 0 Å². The van der Waals surface area contributed by atoms with Crippen molar-refractivity contribution in [2.24, 2.45) is 0 Å². The van der Waals surface area contributed by atoms with Crippen LogP contribution in [-0.4, -0.2) is 34.7 Å². The van der Waals surface area contributed by atoms with Gasteiger partial charge >= 0.3 is 5.97 Å². The van der Waals surface area contributed by atoms with E-state index in [1.807, 2.05) is 54.8 Å². The first-order valence-corrected chi connectivity index (χ1v) is 9.17. The Morgan fingerprint density at radius 1 is 1.04 bits per heavy atom. The van der Waals surface area contributed by atoms with E-state index in [-0.39, 0.29) is 6.10 Å². The number of hydrogen-bond acceptors (Lipinski definition) is 4. The van der Waals surface area contributed by atoms with Gasteiger partial charge in [0, 0.05) is 24.5 Å². The molecule has 0 radical (unpaired) electrons. The highest BCUT2D eigenvalue weighted by molar-refractivity contribution is 5.92. The molecule has 2 heterocycles. The van der Waals surface area contributed by atoms with Crippen molar-refractivity contribution in [1.82, 2.24) is 9.55 Å². The van der Waals surface area contributed by atoms with Gasteiger partial charge in [0.15, 0.2) is 0 Å². The van der Waals surface area contributed by atoms with Crippen molar-refractivity contribution in [3.05, 3.63) is 54.4 Å². The second-order valence-electron chi connectivity index (χ2n) is 6.93. The molecule has 0 aliphatic carbocycles. The summed E-state index contributed by atoms with van der Waals surface area (Å²) >= 11 is 0. The summed E-state index contributed by atoms with van der Waals surface area (Å²) in [5.74, 6) is -0.0822. The second-order valence-corrected chi connectivity index (χ2v) is 6.93. The lowest BCUT2D eigenvalue weighted by atomic mass is 10.2. The van der Waals surface area contributed by atoms with E-state index in [9.17, 15) is 4.79 Å². The number of para-hydroxylation sites is 2. The normalized spacial score (nSPS) is 14.3. The van der Waals surface area contributed by atoms with Crippen LogP contribution in [0.15, 0.2) is 48.5 Å². The molecule has 26 heavy (non-hydrogen) atoms. The maximum Gasteiger partial charge on any atom is 0.375 e. The quantitative estimate of drug-likeness (QED) is 0.663. The molecule has 0 N–H and O–H groups in total. The summed E-state index contributed by atoms with van der Waals surface area (Å²) in [6.07, 6.45) is 2.26. The van der Waals surface area contributed by atoms with E-state index in [0.29, 0.717) is 5.82 Å². The molecular weight excluding hydrogens is 326 g/mol. The lowest BCUT2D eigenvalue weighted by Gasteiger charge is -2.19. The molecule has 1 aliphatic heterocycles. The molecule has 0 spiro atoms. The molecule has 1 aliphatic rings. The number of imidazole rings is 1. The number of hydrogen-bond donors (Lipinski definition) is 0. The smallest absolute Gasteiger partial charge is 0.375 e. The minimum Gasteiger partial charge on any atom is -0.457 e. The molecule has 5 heteroatoms. The van der Waals surface area contributed by atoms with Gasteiger partial charge in [-0.2, -0.15) is 0 Å². The SMILES string of the molecule is CC(C)OC(=O)c1nc2ccccc2n1-c1cccc(N2CCCC2)c1. The van der Waals surface area contributed by atoms with Crippen LogP contribution in [-0.2, 0) is 4.74 Å². The number of ether oxygens (including phenoxy) is 1. The standard InChI is InChI=1S/C21H23N3O2/c1-15(2)26-21(25)20-22-18-10-3-4-11-19(18)24(20)17-9-7-8-16(14-17)23-12-5-6-13-23/h3-4,7-11,14-15H,5-6,12-13H2,1-2H3. The first-order chi connectivity index (χ1) is 12.6. The largest absolute Gasteiger partial charge is 0.457 e. The maximum atomic E-state index is 12.6.